The third-order valence-electron chi connectivity index (χ3n) is 3.42. The molecule has 1 N–H and O–H groups in total. The monoisotopic (exact) mass is 426 g/mol. The van der Waals surface area contributed by atoms with Gasteiger partial charge in [0.25, 0.3) is 0 Å². The van der Waals surface area contributed by atoms with E-state index in [9.17, 15) is 57.1 Å². The molecule has 1 aromatic carbocycles. The van der Waals surface area contributed by atoms with Gasteiger partial charge in [-0.1, -0.05) is 30.3 Å². The molecule has 0 bridgehead atoms. The summed E-state index contributed by atoms with van der Waals surface area (Å²) < 4.78 is 168. The van der Waals surface area contributed by atoms with Gasteiger partial charge in [0.2, 0.25) is 0 Å². The van der Waals surface area contributed by atoms with Crippen LogP contribution < -0.4 is 0 Å². The van der Waals surface area contributed by atoms with Crippen molar-refractivity contribution in [3.05, 3.63) is 35.9 Å². The summed E-state index contributed by atoms with van der Waals surface area (Å²) in [5.41, 5.74) is -1.22. The van der Waals surface area contributed by atoms with Crippen molar-refractivity contribution in [2.45, 2.75) is 41.9 Å². The number of benzene rings is 1. The average Bonchev–Trinajstić information content (AvgIpc) is 2.53. The van der Waals surface area contributed by atoms with Gasteiger partial charge < -0.3 is 5.11 Å². The molecule has 0 aliphatic carbocycles. The Balaban J connectivity index is 3.50. The Kier molecular flexibility index (Phi) is 5.54. The molecular formula is C13H7F13O. The van der Waals surface area contributed by atoms with Crippen LogP contribution in [0.2, 0.25) is 0 Å². The highest BCUT2D eigenvalue weighted by Gasteiger charge is 2.91. The van der Waals surface area contributed by atoms with Crippen molar-refractivity contribution in [1.82, 2.24) is 0 Å². The van der Waals surface area contributed by atoms with E-state index in [-0.39, 0.29) is 0 Å². The minimum Gasteiger partial charge on any atom is -0.382 e. The summed E-state index contributed by atoms with van der Waals surface area (Å²) in [6.07, 6.45) is -11.4. The fourth-order valence-electron chi connectivity index (χ4n) is 1.80. The summed E-state index contributed by atoms with van der Waals surface area (Å²) in [5.74, 6) is -37.8. The van der Waals surface area contributed by atoms with Crippen molar-refractivity contribution in [3.63, 3.8) is 0 Å². The topological polar surface area (TPSA) is 20.2 Å². The lowest BCUT2D eigenvalue weighted by atomic mass is 9.89. The van der Waals surface area contributed by atoms with Crippen LogP contribution in [-0.2, 0) is 0 Å². The molecule has 27 heavy (non-hydrogen) atoms. The van der Waals surface area contributed by atoms with E-state index in [0.29, 0.717) is 12.1 Å². The molecule has 0 fully saturated rings. The first kappa shape index (κ1) is 23.3. The minimum absolute atomic E-state index is 0.468. The highest BCUT2D eigenvalue weighted by molar-refractivity contribution is 5.22. The lowest BCUT2D eigenvalue weighted by Crippen LogP contribution is -2.70. The standard InChI is InChI=1S/C13H7F13O/c14-8(15,7(27)6-4-2-1-3-5-6)9(16,17)10(18,19)11(20,21)12(22,23)13(24,25)26/h1-5,7,27H. The summed E-state index contributed by atoms with van der Waals surface area (Å²) in [6, 6.07) is 3.68. The van der Waals surface area contributed by atoms with Crippen molar-refractivity contribution in [1.29, 1.82) is 0 Å². The normalized spacial score (nSPS) is 16.4. The molecule has 0 heterocycles. The van der Waals surface area contributed by atoms with Crippen LogP contribution >= 0.6 is 0 Å². The molecule has 0 aliphatic rings. The summed E-state index contributed by atoms with van der Waals surface area (Å²) >= 11 is 0. The molecule has 1 aromatic rings. The molecule has 1 nitrogen and oxygen atoms in total. The van der Waals surface area contributed by atoms with Crippen molar-refractivity contribution in [2.75, 3.05) is 0 Å². The minimum atomic E-state index is -7.98. The third-order valence-corrected chi connectivity index (χ3v) is 3.42. The third kappa shape index (κ3) is 3.21. The Labute approximate surface area is 141 Å². The molecule has 14 heteroatoms. The predicted molar refractivity (Wildman–Crippen MR) is 62.2 cm³/mol. The van der Waals surface area contributed by atoms with Gasteiger partial charge in [-0.15, -0.1) is 0 Å². The first-order valence-corrected chi connectivity index (χ1v) is 6.45. The Hall–Kier alpha value is -1.73. The van der Waals surface area contributed by atoms with Crippen LogP contribution in [0.1, 0.15) is 11.7 Å². The molecule has 0 aromatic heterocycles. The fraction of sp³-hybridized carbons (Fsp3) is 0.538. The molecule has 0 saturated heterocycles. The summed E-state index contributed by atoms with van der Waals surface area (Å²) in [5, 5.41) is 9.16. The second-order valence-electron chi connectivity index (χ2n) is 5.23. The zero-order valence-electron chi connectivity index (χ0n) is 12.3. The first-order valence-electron chi connectivity index (χ1n) is 6.45. The molecule has 0 aliphatic heterocycles. The Bertz CT molecular complexity index is 650. The predicted octanol–water partition coefficient (Wildman–Crippen LogP) is 5.46. The van der Waals surface area contributed by atoms with Crippen LogP contribution in [0.3, 0.4) is 0 Å². The fourth-order valence-corrected chi connectivity index (χ4v) is 1.80. The second-order valence-corrected chi connectivity index (χ2v) is 5.23. The molecule has 0 amide bonds. The van der Waals surface area contributed by atoms with Gasteiger partial charge in [-0.3, -0.25) is 0 Å². The quantitative estimate of drug-likeness (QED) is 0.600. The molecule has 0 spiro atoms. The van der Waals surface area contributed by atoms with Crippen molar-refractivity contribution >= 4 is 0 Å². The highest BCUT2D eigenvalue weighted by atomic mass is 19.4. The molecule has 1 unspecified atom stereocenters. The van der Waals surface area contributed by atoms with E-state index in [1.807, 2.05) is 0 Å². The van der Waals surface area contributed by atoms with Crippen LogP contribution in [0.4, 0.5) is 57.1 Å². The second kappa shape index (κ2) is 6.41. The molecule has 156 valence electrons. The molecule has 0 saturated carbocycles. The Morgan fingerprint density at radius 1 is 0.556 bits per heavy atom. The van der Waals surface area contributed by atoms with E-state index < -0.39 is 47.5 Å². The number of hydrogen-bond donors (Lipinski definition) is 1. The van der Waals surface area contributed by atoms with Gasteiger partial charge in [0.15, 0.2) is 0 Å². The zero-order valence-corrected chi connectivity index (χ0v) is 12.3. The van der Waals surface area contributed by atoms with Gasteiger partial charge in [0.1, 0.15) is 6.10 Å². The number of aliphatic hydroxyl groups is 1. The maximum Gasteiger partial charge on any atom is 0.460 e. The van der Waals surface area contributed by atoms with Crippen LogP contribution in [-0.4, -0.2) is 40.9 Å². The zero-order chi connectivity index (χ0) is 21.7. The van der Waals surface area contributed by atoms with Crippen molar-refractivity contribution < 1.29 is 62.2 Å². The highest BCUT2D eigenvalue weighted by Crippen LogP contribution is 2.61. The lowest BCUT2D eigenvalue weighted by molar-refractivity contribution is -0.444. The number of rotatable bonds is 6. The average molecular weight is 426 g/mol. The largest absolute Gasteiger partial charge is 0.460 e. The number of halogens is 13. The van der Waals surface area contributed by atoms with Gasteiger partial charge in [-0.25, -0.2) is 0 Å². The van der Waals surface area contributed by atoms with E-state index >= 15 is 0 Å². The van der Waals surface area contributed by atoms with E-state index in [1.54, 1.807) is 0 Å². The Morgan fingerprint density at radius 3 is 1.30 bits per heavy atom. The summed E-state index contributed by atoms with van der Waals surface area (Å²) in [7, 11) is 0. The van der Waals surface area contributed by atoms with E-state index in [1.165, 1.54) is 0 Å². The van der Waals surface area contributed by atoms with Gasteiger partial charge in [0, 0.05) is 0 Å². The number of aliphatic hydroxyl groups excluding tert-OH is 1. The SMILES string of the molecule is OC(c1ccccc1)C(F)(F)C(F)(F)C(F)(F)C(F)(F)C(F)(F)C(F)(F)F. The van der Waals surface area contributed by atoms with Gasteiger partial charge in [-0.05, 0) is 5.56 Å². The molecule has 1 rings (SSSR count). The van der Waals surface area contributed by atoms with Gasteiger partial charge in [0.05, 0.1) is 0 Å². The van der Waals surface area contributed by atoms with E-state index in [2.05, 4.69) is 0 Å². The first-order chi connectivity index (χ1) is 11.8. The molecule has 0 radical (unpaired) electrons. The van der Waals surface area contributed by atoms with Gasteiger partial charge in [-0.2, -0.15) is 57.1 Å². The Morgan fingerprint density at radius 2 is 0.926 bits per heavy atom. The smallest absolute Gasteiger partial charge is 0.382 e. The summed E-state index contributed by atoms with van der Waals surface area (Å²) in [4.78, 5) is 0. The van der Waals surface area contributed by atoms with Crippen LogP contribution in [0.25, 0.3) is 0 Å². The molecular weight excluding hydrogens is 419 g/mol. The van der Waals surface area contributed by atoms with Crippen LogP contribution in [0.5, 0.6) is 0 Å². The van der Waals surface area contributed by atoms with E-state index in [0.717, 1.165) is 18.2 Å². The van der Waals surface area contributed by atoms with Crippen LogP contribution in [0, 0.1) is 0 Å². The van der Waals surface area contributed by atoms with Crippen molar-refractivity contribution in [3.8, 4) is 0 Å². The molecule has 1 atom stereocenters. The van der Waals surface area contributed by atoms with Gasteiger partial charge >= 0.3 is 35.8 Å². The number of alkyl halides is 13. The maximum atomic E-state index is 13.7. The van der Waals surface area contributed by atoms with Crippen LogP contribution in [0.15, 0.2) is 30.3 Å². The van der Waals surface area contributed by atoms with E-state index in [4.69, 9.17) is 5.11 Å². The van der Waals surface area contributed by atoms with Crippen molar-refractivity contribution in [2.24, 2.45) is 0 Å². The maximum absolute atomic E-state index is 13.7. The summed E-state index contributed by atoms with van der Waals surface area (Å²) in [6.45, 7) is 0. The lowest BCUT2D eigenvalue weighted by Gasteiger charge is -2.40. The number of hydrogen-bond acceptors (Lipinski definition) is 1.